The number of rotatable bonds is 3. The Bertz CT molecular complexity index is 516. The molecule has 1 N–H and O–H groups in total. The lowest BCUT2D eigenvalue weighted by Crippen LogP contribution is -2.25. The summed E-state index contributed by atoms with van der Waals surface area (Å²) in [4.78, 5) is 4.44. The molecule has 5 heteroatoms. The number of halogens is 1. The maximum Gasteiger partial charge on any atom is 0.165 e. The van der Waals surface area contributed by atoms with Crippen molar-refractivity contribution in [3.8, 4) is 0 Å². The molecule has 3 rings (SSSR count). The smallest absolute Gasteiger partial charge is 0.165 e. The molecule has 2 aromatic heterocycles. The van der Waals surface area contributed by atoms with Gasteiger partial charge in [-0.15, -0.1) is 5.10 Å². The van der Waals surface area contributed by atoms with Crippen molar-refractivity contribution in [3.05, 3.63) is 29.2 Å². The van der Waals surface area contributed by atoms with Gasteiger partial charge in [0.15, 0.2) is 11.5 Å². The molecule has 17 heavy (non-hydrogen) atoms. The van der Waals surface area contributed by atoms with Gasteiger partial charge in [0.1, 0.15) is 5.15 Å². The number of nitrogens with one attached hydrogen (secondary N) is 1. The zero-order valence-corrected chi connectivity index (χ0v) is 10.3. The van der Waals surface area contributed by atoms with Gasteiger partial charge in [-0.2, -0.15) is 0 Å². The van der Waals surface area contributed by atoms with Crippen molar-refractivity contribution in [2.24, 2.45) is 0 Å². The van der Waals surface area contributed by atoms with Crippen molar-refractivity contribution in [3.63, 3.8) is 0 Å². The molecule has 0 unspecified atom stereocenters. The van der Waals surface area contributed by atoms with Crippen LogP contribution < -0.4 is 5.32 Å². The SMILES string of the molecule is Clc1cccc2nc(CNC3CCCC3)nn12. The predicted molar refractivity (Wildman–Crippen MR) is 67.1 cm³/mol. The summed E-state index contributed by atoms with van der Waals surface area (Å²) in [6.45, 7) is 0.725. The van der Waals surface area contributed by atoms with Crippen LogP contribution in [0.4, 0.5) is 0 Å². The van der Waals surface area contributed by atoms with Gasteiger partial charge in [-0.3, -0.25) is 0 Å². The van der Waals surface area contributed by atoms with E-state index in [2.05, 4.69) is 15.4 Å². The summed E-state index contributed by atoms with van der Waals surface area (Å²) in [7, 11) is 0. The fourth-order valence-electron chi connectivity index (χ4n) is 2.36. The molecule has 1 saturated carbocycles. The first kappa shape index (κ1) is 11.0. The first-order chi connectivity index (χ1) is 8.33. The lowest BCUT2D eigenvalue weighted by atomic mass is 10.2. The normalized spacial score (nSPS) is 17.0. The number of hydrogen-bond acceptors (Lipinski definition) is 3. The summed E-state index contributed by atoms with van der Waals surface area (Å²) in [6, 6.07) is 6.26. The summed E-state index contributed by atoms with van der Waals surface area (Å²) in [5.41, 5.74) is 0.806. The Morgan fingerprint density at radius 3 is 2.94 bits per heavy atom. The van der Waals surface area contributed by atoms with Gasteiger partial charge < -0.3 is 5.32 Å². The van der Waals surface area contributed by atoms with Crippen molar-refractivity contribution in [1.82, 2.24) is 19.9 Å². The Labute approximate surface area is 105 Å². The number of hydrogen-bond donors (Lipinski definition) is 1. The van der Waals surface area contributed by atoms with Crippen LogP contribution in [0.25, 0.3) is 5.65 Å². The first-order valence-electron chi connectivity index (χ1n) is 6.06. The van der Waals surface area contributed by atoms with E-state index < -0.39 is 0 Å². The Morgan fingerprint density at radius 1 is 1.35 bits per heavy atom. The van der Waals surface area contributed by atoms with E-state index >= 15 is 0 Å². The minimum atomic E-state index is 0.599. The summed E-state index contributed by atoms with van der Waals surface area (Å²) in [6.07, 6.45) is 5.21. The summed E-state index contributed by atoms with van der Waals surface area (Å²) in [5.74, 6) is 0.810. The minimum absolute atomic E-state index is 0.599. The zero-order chi connectivity index (χ0) is 11.7. The third-order valence-corrected chi connectivity index (χ3v) is 3.55. The standard InChI is InChI=1S/C12H15ClN4/c13-10-6-3-7-12-15-11(16-17(10)12)8-14-9-4-1-2-5-9/h3,6-7,9,14H,1-2,4-5,8H2. The molecule has 0 spiro atoms. The van der Waals surface area contributed by atoms with Crippen molar-refractivity contribution >= 4 is 17.2 Å². The molecule has 0 atom stereocenters. The van der Waals surface area contributed by atoms with Crippen LogP contribution in [0.2, 0.25) is 5.15 Å². The maximum atomic E-state index is 6.04. The van der Waals surface area contributed by atoms with E-state index in [1.807, 2.05) is 18.2 Å². The molecule has 0 amide bonds. The van der Waals surface area contributed by atoms with Crippen LogP contribution in [0.1, 0.15) is 31.5 Å². The van der Waals surface area contributed by atoms with E-state index in [0.29, 0.717) is 11.2 Å². The fourth-order valence-corrected chi connectivity index (χ4v) is 2.56. The molecular formula is C12H15ClN4. The first-order valence-corrected chi connectivity index (χ1v) is 6.44. The zero-order valence-electron chi connectivity index (χ0n) is 9.56. The molecule has 0 radical (unpaired) electrons. The Kier molecular flexibility index (Phi) is 2.99. The van der Waals surface area contributed by atoms with E-state index in [1.165, 1.54) is 25.7 Å². The van der Waals surface area contributed by atoms with Crippen LogP contribution in [0.3, 0.4) is 0 Å². The van der Waals surface area contributed by atoms with Crippen LogP contribution in [0.5, 0.6) is 0 Å². The van der Waals surface area contributed by atoms with Crippen molar-refractivity contribution in [2.45, 2.75) is 38.3 Å². The molecular weight excluding hydrogens is 236 g/mol. The second-order valence-electron chi connectivity index (χ2n) is 4.51. The molecule has 0 aromatic carbocycles. The van der Waals surface area contributed by atoms with Crippen molar-refractivity contribution in [1.29, 1.82) is 0 Å². The van der Waals surface area contributed by atoms with Gasteiger partial charge in [-0.05, 0) is 25.0 Å². The van der Waals surface area contributed by atoms with Crippen molar-refractivity contribution in [2.75, 3.05) is 0 Å². The van der Waals surface area contributed by atoms with Gasteiger partial charge in [0, 0.05) is 6.04 Å². The lowest BCUT2D eigenvalue weighted by Gasteiger charge is -2.08. The molecule has 90 valence electrons. The quantitative estimate of drug-likeness (QED) is 0.851. The Hall–Kier alpha value is -1.13. The monoisotopic (exact) mass is 250 g/mol. The number of nitrogens with zero attached hydrogens (tertiary/aromatic N) is 3. The highest BCUT2D eigenvalue weighted by Crippen LogP contribution is 2.18. The number of fused-ring (bicyclic) bond motifs is 1. The highest BCUT2D eigenvalue weighted by molar-refractivity contribution is 6.29. The molecule has 1 fully saturated rings. The Balaban J connectivity index is 1.74. The third-order valence-electron chi connectivity index (χ3n) is 3.26. The van der Waals surface area contributed by atoms with E-state index in [4.69, 9.17) is 11.6 Å². The molecule has 1 aliphatic rings. The van der Waals surface area contributed by atoms with E-state index in [-0.39, 0.29) is 0 Å². The third kappa shape index (κ3) is 2.28. The molecule has 0 saturated heterocycles. The van der Waals surface area contributed by atoms with E-state index in [0.717, 1.165) is 18.0 Å². The topological polar surface area (TPSA) is 42.2 Å². The molecule has 4 nitrogen and oxygen atoms in total. The van der Waals surface area contributed by atoms with Gasteiger partial charge in [-0.1, -0.05) is 30.5 Å². The largest absolute Gasteiger partial charge is 0.307 e. The van der Waals surface area contributed by atoms with Crippen molar-refractivity contribution < 1.29 is 0 Å². The van der Waals surface area contributed by atoms with Crippen LogP contribution in [0.15, 0.2) is 18.2 Å². The van der Waals surface area contributed by atoms with Crippen LogP contribution in [0, 0.1) is 0 Å². The molecule has 2 aromatic rings. The predicted octanol–water partition coefficient (Wildman–Crippen LogP) is 2.41. The van der Waals surface area contributed by atoms with Crippen LogP contribution in [-0.2, 0) is 6.54 Å². The molecule has 0 bridgehead atoms. The van der Waals surface area contributed by atoms with Gasteiger partial charge >= 0.3 is 0 Å². The fraction of sp³-hybridized carbons (Fsp3) is 0.500. The number of aromatic nitrogens is 3. The van der Waals surface area contributed by atoms with Gasteiger partial charge in [0.2, 0.25) is 0 Å². The van der Waals surface area contributed by atoms with Crippen LogP contribution in [-0.4, -0.2) is 20.6 Å². The average Bonchev–Trinajstić information content (AvgIpc) is 2.95. The number of pyridine rings is 1. The second kappa shape index (κ2) is 4.63. The second-order valence-corrected chi connectivity index (χ2v) is 4.90. The molecule has 1 aliphatic carbocycles. The van der Waals surface area contributed by atoms with Gasteiger partial charge in [0.05, 0.1) is 6.54 Å². The summed E-state index contributed by atoms with van der Waals surface area (Å²) < 4.78 is 1.67. The van der Waals surface area contributed by atoms with Gasteiger partial charge in [0.25, 0.3) is 0 Å². The lowest BCUT2D eigenvalue weighted by molar-refractivity contribution is 0.513. The van der Waals surface area contributed by atoms with E-state index in [1.54, 1.807) is 4.52 Å². The van der Waals surface area contributed by atoms with E-state index in [9.17, 15) is 0 Å². The van der Waals surface area contributed by atoms with Gasteiger partial charge in [-0.25, -0.2) is 9.50 Å². The minimum Gasteiger partial charge on any atom is -0.307 e. The molecule has 0 aliphatic heterocycles. The highest BCUT2D eigenvalue weighted by Gasteiger charge is 2.15. The highest BCUT2D eigenvalue weighted by atomic mass is 35.5. The summed E-state index contributed by atoms with van der Waals surface area (Å²) in [5, 5.41) is 8.48. The maximum absolute atomic E-state index is 6.04. The average molecular weight is 251 g/mol. The summed E-state index contributed by atoms with van der Waals surface area (Å²) >= 11 is 6.04. The Morgan fingerprint density at radius 2 is 2.18 bits per heavy atom. The van der Waals surface area contributed by atoms with Crippen LogP contribution >= 0.6 is 11.6 Å². The molecule has 2 heterocycles.